The number of anilines is 1. The van der Waals surface area contributed by atoms with E-state index in [9.17, 15) is 14.4 Å². The van der Waals surface area contributed by atoms with E-state index in [4.69, 9.17) is 10.5 Å². The normalized spacial score (nSPS) is 18.9. The fourth-order valence-corrected chi connectivity index (χ4v) is 5.94. The Kier molecular flexibility index (Phi) is 9.67. The first-order valence-corrected chi connectivity index (χ1v) is 15.1. The molecule has 9 heteroatoms. The average molecular weight is 594 g/mol. The number of rotatable bonds is 11. The fourth-order valence-electron chi connectivity index (χ4n) is 5.94. The minimum Gasteiger partial charge on any atom is -0.464 e. The van der Waals surface area contributed by atoms with Crippen molar-refractivity contribution >= 4 is 34.4 Å². The molecule has 44 heavy (non-hydrogen) atoms. The summed E-state index contributed by atoms with van der Waals surface area (Å²) in [6.45, 7) is 5.00. The number of nitrogens with two attached hydrogens (primary N) is 1. The molecule has 4 aromatic rings. The molecule has 0 aliphatic carbocycles. The van der Waals surface area contributed by atoms with Crippen LogP contribution in [0.2, 0.25) is 0 Å². The van der Waals surface area contributed by atoms with Crippen molar-refractivity contribution in [3.63, 3.8) is 0 Å². The number of hydrogen-bond donors (Lipinski definition) is 3. The molecule has 3 atom stereocenters. The quantitative estimate of drug-likeness (QED) is 0.218. The minimum atomic E-state index is -1.11. The fraction of sp³-hybridized carbons (Fsp3) is 0.314. The predicted molar refractivity (Wildman–Crippen MR) is 171 cm³/mol. The van der Waals surface area contributed by atoms with E-state index in [2.05, 4.69) is 38.7 Å². The largest absolute Gasteiger partial charge is 0.464 e. The number of benzene rings is 3. The molecule has 0 radical (unpaired) electrons. The van der Waals surface area contributed by atoms with E-state index in [0.29, 0.717) is 31.9 Å². The van der Waals surface area contributed by atoms with Gasteiger partial charge in [-0.3, -0.25) is 24.6 Å². The number of fused-ring (bicyclic) bond motifs is 1. The van der Waals surface area contributed by atoms with Gasteiger partial charge in [-0.25, -0.2) is 4.98 Å². The van der Waals surface area contributed by atoms with Crippen molar-refractivity contribution in [2.45, 2.75) is 50.7 Å². The lowest BCUT2D eigenvalue weighted by atomic mass is 9.82. The second kappa shape index (κ2) is 13.8. The van der Waals surface area contributed by atoms with Crippen molar-refractivity contribution in [1.82, 2.24) is 15.2 Å². The van der Waals surface area contributed by atoms with Gasteiger partial charge in [-0.1, -0.05) is 79.7 Å². The summed E-state index contributed by atoms with van der Waals surface area (Å²) >= 11 is 0. The van der Waals surface area contributed by atoms with Crippen LogP contribution >= 0.6 is 0 Å². The first-order chi connectivity index (χ1) is 21.3. The molecule has 0 spiro atoms. The highest BCUT2D eigenvalue weighted by molar-refractivity contribution is 6.02. The highest BCUT2D eigenvalue weighted by atomic mass is 16.5. The van der Waals surface area contributed by atoms with Crippen LogP contribution in [0.1, 0.15) is 49.3 Å². The minimum absolute atomic E-state index is 0.0252. The van der Waals surface area contributed by atoms with E-state index in [1.165, 1.54) is 0 Å². The summed E-state index contributed by atoms with van der Waals surface area (Å²) in [7, 11) is 0. The van der Waals surface area contributed by atoms with Crippen LogP contribution in [0.15, 0.2) is 91.1 Å². The Morgan fingerprint density at radius 3 is 2.48 bits per heavy atom. The summed E-state index contributed by atoms with van der Waals surface area (Å²) < 4.78 is 5.18. The maximum atomic E-state index is 14.2. The summed E-state index contributed by atoms with van der Waals surface area (Å²) in [5.41, 5.74) is 7.70. The van der Waals surface area contributed by atoms with Crippen molar-refractivity contribution in [1.29, 1.82) is 0 Å². The first kappa shape index (κ1) is 30.8. The van der Waals surface area contributed by atoms with Crippen LogP contribution in [-0.2, 0) is 31.2 Å². The number of imide groups is 1. The topological polar surface area (TPSA) is 127 Å². The number of carbonyl (C=O) groups is 3. The van der Waals surface area contributed by atoms with Crippen LogP contribution in [0, 0.1) is 0 Å². The van der Waals surface area contributed by atoms with E-state index in [1.54, 1.807) is 13.1 Å². The van der Waals surface area contributed by atoms with E-state index in [-0.39, 0.29) is 24.3 Å². The van der Waals surface area contributed by atoms with Gasteiger partial charge in [0.15, 0.2) is 0 Å². The van der Waals surface area contributed by atoms with Gasteiger partial charge in [-0.2, -0.15) is 0 Å². The lowest BCUT2D eigenvalue weighted by Crippen LogP contribution is -2.56. The average Bonchev–Trinajstić information content (AvgIpc) is 3.43. The monoisotopic (exact) mass is 593 g/mol. The standard InChI is InChI=1S/C35H39N5O4/c1-3-18-44-31(41)21-38-32-30-15-14-25(19-27(30)16-17-37-32)22-40-23-28(26-10-6-4-7-11-26)20-35(40,29-12-8-5-9-13-29)34(43)39-33(42)24(2)36/h4-17,19,24,28H,3,18,20-23,36H2,1-2H3,(H,37,38)(H,39,42,43)/t24-,28?,35+/m0/s1. The number of carbonyl (C=O) groups excluding carboxylic acids is 3. The summed E-state index contributed by atoms with van der Waals surface area (Å²) in [5, 5.41) is 7.54. The second-order valence-electron chi connectivity index (χ2n) is 11.3. The number of nitrogens with one attached hydrogen (secondary N) is 2. The molecule has 1 saturated heterocycles. The number of aromatic nitrogens is 1. The molecule has 0 saturated carbocycles. The highest BCUT2D eigenvalue weighted by Crippen LogP contribution is 2.46. The lowest BCUT2D eigenvalue weighted by molar-refractivity contribution is -0.141. The van der Waals surface area contributed by atoms with Crippen molar-refractivity contribution < 1.29 is 19.1 Å². The number of likely N-dealkylation sites (tertiary alicyclic amines) is 1. The van der Waals surface area contributed by atoms with Gasteiger partial charge >= 0.3 is 5.97 Å². The third kappa shape index (κ3) is 6.64. The van der Waals surface area contributed by atoms with Gasteiger partial charge in [0.2, 0.25) is 5.91 Å². The van der Waals surface area contributed by atoms with Crippen LogP contribution in [0.4, 0.5) is 5.82 Å². The van der Waals surface area contributed by atoms with Gasteiger partial charge in [0.25, 0.3) is 5.91 Å². The van der Waals surface area contributed by atoms with Crippen LogP contribution in [0.25, 0.3) is 10.8 Å². The number of ether oxygens (including phenoxy) is 1. The van der Waals surface area contributed by atoms with Gasteiger partial charge in [-0.05, 0) is 59.9 Å². The van der Waals surface area contributed by atoms with Gasteiger partial charge in [-0.15, -0.1) is 0 Å². The van der Waals surface area contributed by atoms with Crippen LogP contribution in [0.5, 0.6) is 0 Å². The van der Waals surface area contributed by atoms with Gasteiger partial charge < -0.3 is 15.8 Å². The van der Waals surface area contributed by atoms with Gasteiger partial charge in [0.1, 0.15) is 17.9 Å². The molecule has 3 aromatic carbocycles. The zero-order valence-electron chi connectivity index (χ0n) is 25.2. The SMILES string of the molecule is CCCOC(=O)CNc1nccc2cc(CN3CC(c4ccccc4)C[C@]3(C(=O)NC(=O)[C@H](C)N)c3ccccc3)ccc12. The molecule has 228 valence electrons. The van der Waals surface area contributed by atoms with E-state index in [1.807, 2.05) is 73.7 Å². The van der Waals surface area contributed by atoms with Gasteiger partial charge in [0.05, 0.1) is 12.6 Å². The summed E-state index contributed by atoms with van der Waals surface area (Å²) in [5.74, 6) is -0.566. The first-order valence-electron chi connectivity index (χ1n) is 15.1. The maximum absolute atomic E-state index is 14.2. The Morgan fingerprint density at radius 1 is 1.05 bits per heavy atom. The van der Waals surface area contributed by atoms with Gasteiger partial charge in [0, 0.05) is 24.7 Å². The molecule has 4 N–H and O–H groups in total. The Bertz CT molecular complexity index is 1610. The Hall–Kier alpha value is -4.60. The molecule has 5 rings (SSSR count). The van der Waals surface area contributed by atoms with Crippen molar-refractivity contribution in [3.8, 4) is 0 Å². The smallest absolute Gasteiger partial charge is 0.325 e. The molecule has 1 aliphatic heterocycles. The highest BCUT2D eigenvalue weighted by Gasteiger charge is 2.53. The number of pyridine rings is 1. The lowest BCUT2D eigenvalue weighted by Gasteiger charge is -2.37. The predicted octanol–water partition coefficient (Wildman–Crippen LogP) is 4.47. The molecule has 1 unspecified atom stereocenters. The number of esters is 1. The van der Waals surface area contributed by atoms with E-state index in [0.717, 1.165) is 33.9 Å². The Labute approximate surface area is 257 Å². The molecule has 2 amide bonds. The Morgan fingerprint density at radius 2 is 1.77 bits per heavy atom. The molecular formula is C35H39N5O4. The molecular weight excluding hydrogens is 554 g/mol. The van der Waals surface area contributed by atoms with Crippen molar-refractivity contribution in [3.05, 3.63) is 108 Å². The third-order valence-corrected chi connectivity index (χ3v) is 8.14. The molecule has 1 fully saturated rings. The van der Waals surface area contributed by atoms with E-state index >= 15 is 0 Å². The molecule has 1 aliphatic rings. The Balaban J connectivity index is 1.50. The van der Waals surface area contributed by atoms with Crippen LogP contribution in [-0.4, -0.2) is 53.4 Å². The summed E-state index contributed by atoms with van der Waals surface area (Å²) in [6.07, 6.45) is 2.97. The number of amides is 2. The van der Waals surface area contributed by atoms with Crippen LogP contribution < -0.4 is 16.4 Å². The molecule has 1 aromatic heterocycles. The van der Waals surface area contributed by atoms with Crippen molar-refractivity contribution in [2.24, 2.45) is 5.73 Å². The molecule has 0 bridgehead atoms. The zero-order valence-corrected chi connectivity index (χ0v) is 25.2. The number of hydrogen-bond acceptors (Lipinski definition) is 8. The summed E-state index contributed by atoms with van der Waals surface area (Å²) in [4.78, 5) is 45.6. The molecule has 2 heterocycles. The third-order valence-electron chi connectivity index (χ3n) is 8.14. The number of nitrogens with zero attached hydrogens (tertiary/aromatic N) is 2. The second-order valence-corrected chi connectivity index (χ2v) is 11.3. The summed E-state index contributed by atoms with van der Waals surface area (Å²) in [6, 6.07) is 27.0. The maximum Gasteiger partial charge on any atom is 0.325 e. The van der Waals surface area contributed by atoms with E-state index < -0.39 is 17.5 Å². The molecule has 9 nitrogen and oxygen atoms in total. The zero-order chi connectivity index (χ0) is 31.1. The van der Waals surface area contributed by atoms with Crippen LogP contribution in [0.3, 0.4) is 0 Å². The van der Waals surface area contributed by atoms with Crippen molar-refractivity contribution in [2.75, 3.05) is 25.0 Å².